The summed E-state index contributed by atoms with van der Waals surface area (Å²) in [5.41, 5.74) is 5.47. The lowest BCUT2D eigenvalue weighted by Crippen LogP contribution is -2.39. The third-order valence-electron chi connectivity index (χ3n) is 4.51. The van der Waals surface area contributed by atoms with Crippen molar-refractivity contribution in [1.82, 2.24) is 4.90 Å². The van der Waals surface area contributed by atoms with Gasteiger partial charge in [0.25, 0.3) is 0 Å². The van der Waals surface area contributed by atoms with Gasteiger partial charge in [0.15, 0.2) is 0 Å². The van der Waals surface area contributed by atoms with Gasteiger partial charge in [-0.3, -0.25) is 4.79 Å². The van der Waals surface area contributed by atoms with Gasteiger partial charge in [0.05, 0.1) is 5.41 Å². The molecule has 0 spiro atoms. The second kappa shape index (κ2) is 9.74. The molecule has 1 aromatic carbocycles. The molecule has 0 unspecified atom stereocenters. The molecule has 1 saturated heterocycles. The van der Waals surface area contributed by atoms with Gasteiger partial charge in [-0.15, -0.1) is 0 Å². The molecule has 1 aliphatic rings. The Morgan fingerprint density at radius 1 is 1.30 bits per heavy atom. The zero-order valence-corrected chi connectivity index (χ0v) is 17.2. The third-order valence-corrected chi connectivity index (χ3v) is 4.51. The minimum absolute atomic E-state index is 0.159. The lowest BCUT2D eigenvalue weighted by Gasteiger charge is -2.26. The summed E-state index contributed by atoms with van der Waals surface area (Å²) in [4.78, 5) is 24.8. The summed E-state index contributed by atoms with van der Waals surface area (Å²) in [7, 11) is 0. The lowest BCUT2D eigenvalue weighted by molar-refractivity contribution is -0.148. The number of carboxylic acid groups (broad SMARTS) is 1. The Morgan fingerprint density at radius 2 is 1.89 bits per heavy atom. The van der Waals surface area contributed by atoms with Crippen molar-refractivity contribution in [3.8, 4) is 0 Å². The normalized spacial score (nSPS) is 20.4. The Morgan fingerprint density at radius 3 is 2.30 bits per heavy atom. The molecular weight excluding hydrogens is 344 g/mol. The average molecular weight is 379 g/mol. The van der Waals surface area contributed by atoms with Gasteiger partial charge >= 0.3 is 12.1 Å². The van der Waals surface area contributed by atoms with Crippen molar-refractivity contribution in [2.45, 2.75) is 65.5 Å². The molecule has 1 aliphatic heterocycles. The van der Waals surface area contributed by atoms with Crippen LogP contribution in [0.15, 0.2) is 30.3 Å². The smallest absolute Gasteiger partial charge is 0.410 e. The van der Waals surface area contributed by atoms with Crippen LogP contribution in [-0.2, 0) is 9.53 Å². The van der Waals surface area contributed by atoms with Gasteiger partial charge in [0.1, 0.15) is 5.60 Å². The number of carboxylic acids is 1. The highest BCUT2D eigenvalue weighted by Crippen LogP contribution is 2.36. The fourth-order valence-corrected chi connectivity index (χ4v) is 3.08. The van der Waals surface area contributed by atoms with Crippen LogP contribution in [0.25, 0.3) is 0 Å². The Labute approximate surface area is 162 Å². The van der Waals surface area contributed by atoms with Crippen LogP contribution in [0.3, 0.4) is 0 Å². The van der Waals surface area contributed by atoms with Crippen LogP contribution in [0.1, 0.15) is 65.5 Å². The SMILES string of the molecule is CCC[C@@]1(C(=O)O)CCN(C(=O)OC(C)(C)C)C1.C[C@H](N)c1ccccc1. The molecule has 3 N–H and O–H groups in total. The fourth-order valence-electron chi connectivity index (χ4n) is 3.08. The first-order valence-corrected chi connectivity index (χ1v) is 9.52. The summed E-state index contributed by atoms with van der Waals surface area (Å²) >= 11 is 0. The van der Waals surface area contributed by atoms with E-state index in [0.717, 1.165) is 6.42 Å². The third kappa shape index (κ3) is 7.21. The number of likely N-dealkylation sites (tertiary alicyclic amines) is 1. The van der Waals surface area contributed by atoms with E-state index in [1.165, 1.54) is 10.5 Å². The number of nitrogens with zero attached hydrogens (tertiary/aromatic N) is 1. The molecule has 6 heteroatoms. The number of hydrogen-bond acceptors (Lipinski definition) is 4. The molecule has 1 heterocycles. The lowest BCUT2D eigenvalue weighted by atomic mass is 9.83. The minimum atomic E-state index is -0.810. The largest absolute Gasteiger partial charge is 0.481 e. The topological polar surface area (TPSA) is 92.9 Å². The number of rotatable bonds is 4. The summed E-state index contributed by atoms with van der Waals surface area (Å²) in [6.07, 6.45) is 1.49. The first-order valence-electron chi connectivity index (χ1n) is 9.52. The Bertz CT molecular complexity index is 610. The summed E-state index contributed by atoms with van der Waals surface area (Å²) in [5.74, 6) is -0.810. The van der Waals surface area contributed by atoms with Crippen molar-refractivity contribution < 1.29 is 19.4 Å². The van der Waals surface area contributed by atoms with Crippen molar-refractivity contribution in [2.24, 2.45) is 11.1 Å². The summed E-state index contributed by atoms with van der Waals surface area (Å²) in [5, 5.41) is 9.35. The zero-order valence-electron chi connectivity index (χ0n) is 17.2. The number of benzene rings is 1. The number of carbonyl (C=O) groups excluding carboxylic acids is 1. The van der Waals surface area contributed by atoms with Crippen LogP contribution in [-0.4, -0.2) is 40.8 Å². The van der Waals surface area contributed by atoms with E-state index in [0.29, 0.717) is 19.4 Å². The van der Waals surface area contributed by atoms with E-state index >= 15 is 0 Å². The Balaban J connectivity index is 0.000000337. The molecule has 0 bridgehead atoms. The highest BCUT2D eigenvalue weighted by atomic mass is 16.6. The van der Waals surface area contributed by atoms with Crippen LogP contribution >= 0.6 is 0 Å². The van der Waals surface area contributed by atoms with E-state index in [1.54, 1.807) is 20.8 Å². The molecule has 0 saturated carbocycles. The average Bonchev–Trinajstić information content (AvgIpc) is 3.01. The predicted octanol–water partition coefficient (Wildman–Crippen LogP) is 4.20. The highest BCUT2D eigenvalue weighted by molar-refractivity contribution is 5.78. The molecule has 1 fully saturated rings. The van der Waals surface area contributed by atoms with Gasteiger partial charge in [-0.25, -0.2) is 4.79 Å². The Kier molecular flexibility index (Phi) is 8.28. The van der Waals surface area contributed by atoms with Gasteiger partial charge in [-0.05, 0) is 46.1 Å². The Hall–Kier alpha value is -2.08. The van der Waals surface area contributed by atoms with E-state index in [-0.39, 0.29) is 12.6 Å². The molecule has 6 nitrogen and oxygen atoms in total. The van der Waals surface area contributed by atoms with E-state index in [9.17, 15) is 14.7 Å². The number of amides is 1. The maximum atomic E-state index is 11.9. The molecule has 2 atom stereocenters. The van der Waals surface area contributed by atoms with Crippen molar-refractivity contribution in [3.63, 3.8) is 0 Å². The number of aliphatic carboxylic acids is 1. The number of nitrogens with two attached hydrogens (primary N) is 1. The molecule has 152 valence electrons. The molecule has 0 radical (unpaired) electrons. The van der Waals surface area contributed by atoms with Gasteiger partial charge in [-0.1, -0.05) is 43.7 Å². The summed E-state index contributed by atoms with van der Waals surface area (Å²) < 4.78 is 5.27. The predicted molar refractivity (Wildman–Crippen MR) is 106 cm³/mol. The van der Waals surface area contributed by atoms with Crippen LogP contribution in [0.4, 0.5) is 4.79 Å². The van der Waals surface area contributed by atoms with Crippen molar-refractivity contribution >= 4 is 12.1 Å². The van der Waals surface area contributed by atoms with Crippen molar-refractivity contribution in [3.05, 3.63) is 35.9 Å². The van der Waals surface area contributed by atoms with Gasteiger partial charge in [-0.2, -0.15) is 0 Å². The molecule has 2 rings (SSSR count). The first kappa shape index (κ1) is 23.0. The number of ether oxygens (including phenoxy) is 1. The molecule has 0 aliphatic carbocycles. The van der Waals surface area contributed by atoms with Crippen LogP contribution in [0.2, 0.25) is 0 Å². The van der Waals surface area contributed by atoms with Crippen LogP contribution < -0.4 is 5.73 Å². The summed E-state index contributed by atoms with van der Waals surface area (Å²) in [6.45, 7) is 10.1. The number of hydrogen-bond donors (Lipinski definition) is 2. The maximum absolute atomic E-state index is 11.9. The molecule has 1 aromatic rings. The molecule has 27 heavy (non-hydrogen) atoms. The standard InChI is InChI=1S/C13H23NO4.C8H11N/c1-5-6-13(10(15)16)7-8-14(9-13)11(17)18-12(2,3)4;1-7(9)8-5-3-2-4-6-8/h5-9H2,1-4H3,(H,15,16);2-7H,9H2,1H3/t13-;7-/m10/s1. The second-order valence-electron chi connectivity index (χ2n) is 8.19. The minimum Gasteiger partial charge on any atom is -0.481 e. The summed E-state index contributed by atoms with van der Waals surface area (Å²) in [6, 6.07) is 10.2. The van der Waals surface area contributed by atoms with Crippen LogP contribution in [0.5, 0.6) is 0 Å². The van der Waals surface area contributed by atoms with Crippen molar-refractivity contribution in [2.75, 3.05) is 13.1 Å². The molecular formula is C21H34N2O4. The maximum Gasteiger partial charge on any atom is 0.410 e. The van der Waals surface area contributed by atoms with Gasteiger partial charge < -0.3 is 20.5 Å². The fraction of sp³-hybridized carbons (Fsp3) is 0.619. The monoisotopic (exact) mass is 378 g/mol. The van der Waals surface area contributed by atoms with E-state index in [4.69, 9.17) is 10.5 Å². The van der Waals surface area contributed by atoms with E-state index in [2.05, 4.69) is 0 Å². The zero-order chi connectivity index (χ0) is 20.7. The quantitative estimate of drug-likeness (QED) is 0.819. The molecule has 1 amide bonds. The van der Waals surface area contributed by atoms with Gasteiger partial charge in [0.2, 0.25) is 0 Å². The van der Waals surface area contributed by atoms with Gasteiger partial charge in [0, 0.05) is 19.1 Å². The highest BCUT2D eigenvalue weighted by Gasteiger charge is 2.46. The second-order valence-corrected chi connectivity index (χ2v) is 8.19. The van der Waals surface area contributed by atoms with Crippen molar-refractivity contribution in [1.29, 1.82) is 0 Å². The van der Waals surface area contributed by atoms with E-state index < -0.39 is 23.1 Å². The molecule has 0 aromatic heterocycles. The van der Waals surface area contributed by atoms with Crippen LogP contribution in [0, 0.1) is 5.41 Å². The first-order chi connectivity index (χ1) is 12.5. The number of carbonyl (C=O) groups is 2. The van der Waals surface area contributed by atoms with E-state index in [1.807, 2.05) is 44.2 Å².